The van der Waals surface area contributed by atoms with E-state index < -0.39 is 40.2 Å². The summed E-state index contributed by atoms with van der Waals surface area (Å²) in [7, 11) is -3.36. The Labute approximate surface area is 231 Å². The Balaban J connectivity index is 1.47. The van der Waals surface area contributed by atoms with Crippen LogP contribution < -0.4 is 19.1 Å². The lowest BCUT2D eigenvalue weighted by Crippen LogP contribution is -2.54. The maximum atomic E-state index is 14.2. The lowest BCUT2D eigenvalue weighted by atomic mass is 9.98. The SMILES string of the molecule is CCCN=S(=O)(N[C@@H]1COCC[C@@H](N2c3ccccc3Oc3ccccc32)[C@H]1O)c1ccc(OC(F)(F)F)cc1. The summed E-state index contributed by atoms with van der Waals surface area (Å²) in [6.45, 7) is 2.51. The predicted octanol–water partition coefficient (Wildman–Crippen LogP) is 5.79. The Bertz CT molecular complexity index is 1400. The number of alkyl halides is 3. The van der Waals surface area contributed by atoms with Crippen molar-refractivity contribution < 1.29 is 36.7 Å². The molecule has 1 unspecified atom stereocenters. The molecule has 8 nitrogen and oxygen atoms in total. The topological polar surface area (TPSA) is 92.6 Å². The molecule has 4 atom stereocenters. The van der Waals surface area contributed by atoms with Crippen LogP contribution in [0.1, 0.15) is 19.8 Å². The van der Waals surface area contributed by atoms with Crippen LogP contribution in [0.2, 0.25) is 0 Å². The highest BCUT2D eigenvalue weighted by Gasteiger charge is 2.40. The van der Waals surface area contributed by atoms with Crippen molar-refractivity contribution >= 4 is 21.3 Å². The summed E-state index contributed by atoms with van der Waals surface area (Å²) in [5.74, 6) is 0.855. The first kappa shape index (κ1) is 28.2. The first-order chi connectivity index (χ1) is 19.2. The minimum atomic E-state index is -4.85. The van der Waals surface area contributed by atoms with E-state index >= 15 is 0 Å². The molecule has 214 valence electrons. The van der Waals surface area contributed by atoms with Crippen LogP contribution in [-0.2, 0) is 14.7 Å². The predicted molar refractivity (Wildman–Crippen MR) is 144 cm³/mol. The zero-order valence-electron chi connectivity index (χ0n) is 21.7. The first-order valence-corrected chi connectivity index (χ1v) is 14.5. The number of hydrogen-bond acceptors (Lipinski definition) is 7. The van der Waals surface area contributed by atoms with Crippen LogP contribution in [-0.4, -0.2) is 53.6 Å². The van der Waals surface area contributed by atoms with Crippen molar-refractivity contribution in [3.63, 3.8) is 0 Å². The number of ether oxygens (including phenoxy) is 3. The van der Waals surface area contributed by atoms with Crippen molar-refractivity contribution in [1.82, 2.24) is 4.72 Å². The molecule has 0 amide bonds. The number of nitrogens with zero attached hydrogens (tertiary/aromatic N) is 2. The Kier molecular flexibility index (Phi) is 8.22. The van der Waals surface area contributed by atoms with Gasteiger partial charge in [0, 0.05) is 13.2 Å². The fraction of sp³-hybridized carbons (Fsp3) is 0.357. The van der Waals surface area contributed by atoms with Crippen LogP contribution in [0.4, 0.5) is 24.5 Å². The van der Waals surface area contributed by atoms with Gasteiger partial charge in [-0.05, 0) is 61.4 Å². The molecule has 3 aromatic rings. The van der Waals surface area contributed by atoms with Crippen molar-refractivity contribution in [2.45, 2.75) is 49.2 Å². The zero-order valence-corrected chi connectivity index (χ0v) is 22.5. The van der Waals surface area contributed by atoms with Gasteiger partial charge in [0.2, 0.25) is 0 Å². The summed E-state index contributed by atoms with van der Waals surface area (Å²) in [5.41, 5.74) is 1.56. The largest absolute Gasteiger partial charge is 0.573 e. The number of fused-ring (bicyclic) bond motifs is 2. The van der Waals surface area contributed by atoms with Gasteiger partial charge in [-0.15, -0.1) is 13.2 Å². The fourth-order valence-electron chi connectivity index (χ4n) is 4.86. The first-order valence-electron chi connectivity index (χ1n) is 13.0. The maximum Gasteiger partial charge on any atom is 0.573 e. The quantitative estimate of drug-likeness (QED) is 0.370. The summed E-state index contributed by atoms with van der Waals surface area (Å²) in [6, 6.07) is 18.5. The summed E-state index contributed by atoms with van der Waals surface area (Å²) in [6.07, 6.45) is -4.84. The highest BCUT2D eigenvalue weighted by Crippen LogP contribution is 2.48. The second kappa shape index (κ2) is 11.7. The van der Waals surface area contributed by atoms with Gasteiger partial charge in [0.25, 0.3) is 0 Å². The van der Waals surface area contributed by atoms with Gasteiger partial charge in [-0.25, -0.2) is 13.3 Å². The molecule has 0 aromatic heterocycles. The Morgan fingerprint density at radius 3 is 2.27 bits per heavy atom. The van der Waals surface area contributed by atoms with Crippen LogP contribution in [0.5, 0.6) is 17.2 Å². The summed E-state index contributed by atoms with van der Waals surface area (Å²) in [4.78, 5) is 2.20. The number of nitrogens with one attached hydrogen (secondary N) is 1. The van der Waals surface area contributed by atoms with Crippen LogP contribution >= 0.6 is 0 Å². The Morgan fingerprint density at radius 2 is 1.68 bits per heavy atom. The van der Waals surface area contributed by atoms with E-state index in [1.165, 1.54) is 12.1 Å². The molecule has 0 saturated carbocycles. The summed E-state index contributed by atoms with van der Waals surface area (Å²) >= 11 is 0. The molecule has 2 aliphatic heterocycles. The number of hydrogen-bond donors (Lipinski definition) is 2. The molecular weight excluding hydrogens is 547 g/mol. The molecule has 0 radical (unpaired) electrons. The second-order valence-electron chi connectivity index (χ2n) is 9.45. The Morgan fingerprint density at radius 1 is 1.05 bits per heavy atom. The van der Waals surface area contributed by atoms with Gasteiger partial charge in [-0.1, -0.05) is 31.2 Å². The van der Waals surface area contributed by atoms with Crippen LogP contribution in [0, 0.1) is 0 Å². The number of aliphatic hydroxyl groups excluding tert-OH is 1. The normalized spacial score (nSPS) is 22.2. The van der Waals surface area contributed by atoms with Crippen molar-refractivity contribution in [3.05, 3.63) is 72.8 Å². The molecule has 2 aliphatic rings. The lowest BCUT2D eigenvalue weighted by Gasteiger charge is -2.41. The van der Waals surface area contributed by atoms with Gasteiger partial charge in [0.05, 0.1) is 41.1 Å². The van der Waals surface area contributed by atoms with Gasteiger partial charge in [-0.3, -0.25) is 0 Å². The highest BCUT2D eigenvalue weighted by atomic mass is 32.2. The van der Waals surface area contributed by atoms with Crippen LogP contribution in [0.3, 0.4) is 0 Å². The molecule has 5 rings (SSSR count). The molecule has 1 saturated heterocycles. The molecule has 2 heterocycles. The Hall–Kier alpha value is -3.32. The second-order valence-corrected chi connectivity index (χ2v) is 11.5. The average molecular weight is 578 g/mol. The van der Waals surface area contributed by atoms with Crippen LogP contribution in [0.25, 0.3) is 0 Å². The third kappa shape index (κ3) is 6.04. The maximum absolute atomic E-state index is 14.2. The molecular formula is C28H30F3N3O5S. The van der Waals surface area contributed by atoms with Gasteiger partial charge >= 0.3 is 6.36 Å². The average Bonchev–Trinajstić information content (AvgIpc) is 3.11. The molecule has 3 aromatic carbocycles. The minimum Gasteiger partial charge on any atom is -0.453 e. The molecule has 2 N–H and O–H groups in total. The third-order valence-electron chi connectivity index (χ3n) is 6.65. The fourth-order valence-corrected chi connectivity index (χ4v) is 6.78. The minimum absolute atomic E-state index is 0.0548. The van der Waals surface area contributed by atoms with Gasteiger partial charge in [-0.2, -0.15) is 0 Å². The number of anilines is 2. The zero-order chi connectivity index (χ0) is 28.3. The summed E-state index contributed by atoms with van der Waals surface area (Å²) < 4.78 is 75.4. The van der Waals surface area contributed by atoms with Gasteiger partial charge in [0.15, 0.2) is 11.5 Å². The van der Waals surface area contributed by atoms with E-state index in [0.29, 0.717) is 30.9 Å². The van der Waals surface area contributed by atoms with E-state index in [-0.39, 0.29) is 18.0 Å². The van der Waals surface area contributed by atoms with Crippen LogP contribution in [0.15, 0.2) is 82.1 Å². The van der Waals surface area contributed by atoms with Crippen molar-refractivity contribution in [1.29, 1.82) is 0 Å². The number of aliphatic hydroxyl groups is 1. The molecule has 1 fully saturated rings. The smallest absolute Gasteiger partial charge is 0.453 e. The van der Waals surface area contributed by atoms with Crippen molar-refractivity contribution in [2.24, 2.45) is 4.36 Å². The molecule has 0 bridgehead atoms. The number of rotatable bonds is 7. The molecule has 40 heavy (non-hydrogen) atoms. The highest BCUT2D eigenvalue weighted by molar-refractivity contribution is 7.91. The molecule has 12 heteroatoms. The number of benzene rings is 3. The molecule has 0 aliphatic carbocycles. The standard InChI is InChI=1S/C28H30F3N3O5S/c1-2-16-32-40(36,20-13-11-19(12-14-20)39-28(29,30)31)33-21-18-37-17-15-24(27(21)35)34-22-7-3-5-9-25(22)38-26-10-6-4-8-23(26)34/h3-14,21,24,27,35H,2,15-18H2,1H3,(H,32,33,36)/t21-,24-,27+,40?/m1/s1. The van der Waals surface area contributed by atoms with Crippen molar-refractivity contribution in [2.75, 3.05) is 24.7 Å². The number of halogens is 3. The van der Waals surface area contributed by atoms with E-state index in [2.05, 4.69) is 13.8 Å². The van der Waals surface area contributed by atoms with Gasteiger partial charge in [0.1, 0.15) is 15.7 Å². The van der Waals surface area contributed by atoms with Crippen molar-refractivity contribution in [3.8, 4) is 17.2 Å². The molecule has 0 spiro atoms. The van der Waals surface area contributed by atoms with E-state index in [1.807, 2.05) is 60.4 Å². The van der Waals surface area contributed by atoms with E-state index in [0.717, 1.165) is 23.5 Å². The van der Waals surface area contributed by atoms with Gasteiger partial charge < -0.3 is 24.2 Å². The lowest BCUT2D eigenvalue weighted by molar-refractivity contribution is -0.274. The van der Waals surface area contributed by atoms with E-state index in [4.69, 9.17) is 9.47 Å². The third-order valence-corrected chi connectivity index (χ3v) is 8.73. The monoisotopic (exact) mass is 577 g/mol. The van der Waals surface area contributed by atoms with E-state index in [1.54, 1.807) is 0 Å². The number of para-hydroxylation sites is 4. The summed E-state index contributed by atoms with van der Waals surface area (Å²) in [5, 5.41) is 11.8. The van der Waals surface area contributed by atoms with E-state index in [9.17, 15) is 22.5 Å².